The molecule has 1 aromatic rings. The number of carbonyl (C=O) groups is 1. The Balaban J connectivity index is 1.80. The number of nitrogens with one attached hydrogen (secondary N) is 2. The topological polar surface area (TPSA) is 42.8 Å². The Kier molecular flexibility index (Phi) is 2.42. The Morgan fingerprint density at radius 1 is 1.29 bits per heavy atom. The van der Waals surface area contributed by atoms with Crippen LogP contribution in [0.1, 0.15) is 5.56 Å². The van der Waals surface area contributed by atoms with Gasteiger partial charge in [0.25, 0.3) is 11.7 Å². The summed E-state index contributed by atoms with van der Waals surface area (Å²) < 4.78 is 5.34. The van der Waals surface area contributed by atoms with Crippen molar-refractivity contribution in [3.8, 4) is 0 Å². The van der Waals surface area contributed by atoms with Crippen LogP contribution in [0.25, 0.3) is 0 Å². The first-order valence-electron chi connectivity index (χ1n) is 5.58. The summed E-state index contributed by atoms with van der Waals surface area (Å²) in [4.78, 5) is 12.4. The third-order valence-electron chi connectivity index (χ3n) is 2.86. The summed E-state index contributed by atoms with van der Waals surface area (Å²) in [5.41, 5.74) is 1.22. The highest BCUT2D eigenvalue weighted by Gasteiger charge is 2.30. The largest absolute Gasteiger partial charge is 0.476 e. The van der Waals surface area contributed by atoms with E-state index in [1.54, 1.807) is 0 Å². The van der Waals surface area contributed by atoms with Crippen LogP contribution in [0, 0.1) is 0 Å². The molecule has 0 saturated heterocycles. The van der Waals surface area contributed by atoms with Crippen molar-refractivity contribution in [1.82, 2.24) is 5.32 Å². The van der Waals surface area contributed by atoms with Crippen molar-refractivity contribution in [3.05, 3.63) is 59.8 Å². The summed E-state index contributed by atoms with van der Waals surface area (Å²) in [7, 11) is 0. The molecule has 4 nitrogen and oxygen atoms in total. The predicted molar refractivity (Wildman–Crippen MR) is 61.4 cm³/mol. The van der Waals surface area contributed by atoms with Crippen LogP contribution >= 0.6 is 0 Å². The Bertz CT molecular complexity index is 505. The van der Waals surface area contributed by atoms with Crippen LogP contribution in [0.4, 0.5) is 0 Å². The van der Waals surface area contributed by atoms with Gasteiger partial charge in [0.05, 0.1) is 0 Å². The molecule has 0 saturated carbocycles. The van der Waals surface area contributed by atoms with Gasteiger partial charge in [0, 0.05) is 11.6 Å². The quantitative estimate of drug-likeness (QED) is 0.744. The van der Waals surface area contributed by atoms with E-state index in [0.717, 1.165) is 23.0 Å². The third-order valence-corrected chi connectivity index (χ3v) is 2.86. The number of allylic oxidation sites excluding steroid dienone is 1. The molecule has 0 bridgehead atoms. The fourth-order valence-corrected chi connectivity index (χ4v) is 2.05. The van der Waals surface area contributed by atoms with E-state index in [9.17, 15) is 4.79 Å². The molecule has 2 aliphatic rings. The highest BCUT2D eigenvalue weighted by molar-refractivity contribution is 5.80. The molecule has 0 aliphatic carbocycles. The molecule has 17 heavy (non-hydrogen) atoms. The fourth-order valence-electron chi connectivity index (χ4n) is 2.05. The summed E-state index contributed by atoms with van der Waals surface area (Å²) in [6, 6.07) is 10.2. The van der Waals surface area contributed by atoms with Crippen molar-refractivity contribution >= 4 is 5.91 Å². The van der Waals surface area contributed by atoms with Crippen molar-refractivity contribution in [2.45, 2.75) is 6.54 Å². The standard InChI is InChI=1S/C13H12N2O2/c16-12-9-17-11-6-7-15(13(11)14-12)8-10-4-2-1-3-5-10/h1-7H,8-9H2,(H,14,16)/p+1. The molecule has 4 heteroatoms. The highest BCUT2D eigenvalue weighted by atomic mass is 16.5. The van der Waals surface area contributed by atoms with Gasteiger partial charge < -0.3 is 4.74 Å². The van der Waals surface area contributed by atoms with Crippen molar-refractivity contribution in [2.24, 2.45) is 0 Å². The van der Waals surface area contributed by atoms with Crippen molar-refractivity contribution < 1.29 is 14.4 Å². The van der Waals surface area contributed by atoms with Crippen LogP contribution in [0.15, 0.2) is 54.2 Å². The van der Waals surface area contributed by atoms with Crippen LogP contribution in [0.5, 0.6) is 0 Å². The molecule has 86 valence electrons. The van der Waals surface area contributed by atoms with Crippen LogP contribution in [0.3, 0.4) is 0 Å². The molecule has 0 fully saturated rings. The maximum atomic E-state index is 11.3. The van der Waals surface area contributed by atoms with E-state index < -0.39 is 0 Å². The highest BCUT2D eigenvalue weighted by Crippen LogP contribution is 2.10. The number of quaternary nitrogens is 1. The van der Waals surface area contributed by atoms with Crippen molar-refractivity contribution in [3.63, 3.8) is 0 Å². The SMILES string of the molecule is O=C1COC2=C(N1)[NH+](Cc1ccccc1)C=C2. The Morgan fingerprint density at radius 2 is 2.12 bits per heavy atom. The second-order valence-corrected chi connectivity index (χ2v) is 4.10. The molecule has 1 aromatic carbocycles. The van der Waals surface area contributed by atoms with Crippen LogP contribution in [-0.4, -0.2) is 12.5 Å². The number of ether oxygens (including phenoxy) is 1. The lowest BCUT2D eigenvalue weighted by atomic mass is 10.2. The first-order chi connectivity index (χ1) is 8.33. The molecule has 3 rings (SSSR count). The minimum atomic E-state index is -0.0852. The average molecular weight is 229 g/mol. The van der Waals surface area contributed by atoms with Gasteiger partial charge >= 0.3 is 0 Å². The van der Waals surface area contributed by atoms with Gasteiger partial charge in [0.1, 0.15) is 12.7 Å². The molecule has 2 N–H and O–H groups in total. The van der Waals surface area contributed by atoms with Gasteiger partial charge in [0.15, 0.2) is 6.61 Å². The molecular formula is C13H13N2O2+. The number of amides is 1. The Hall–Kier alpha value is -2.07. The summed E-state index contributed by atoms with van der Waals surface area (Å²) in [5.74, 6) is 1.51. The number of benzene rings is 1. The van der Waals surface area contributed by atoms with Crippen LogP contribution in [-0.2, 0) is 16.1 Å². The Labute approximate surface area is 99.2 Å². The lowest BCUT2D eigenvalue weighted by molar-refractivity contribution is -0.821. The number of carbonyl (C=O) groups excluding carboxylic acids is 1. The zero-order valence-corrected chi connectivity index (χ0v) is 9.27. The minimum Gasteiger partial charge on any atom is -0.476 e. The van der Waals surface area contributed by atoms with Crippen molar-refractivity contribution in [2.75, 3.05) is 6.61 Å². The van der Waals surface area contributed by atoms with Crippen LogP contribution < -0.4 is 10.2 Å². The van der Waals surface area contributed by atoms with E-state index in [0.29, 0.717) is 0 Å². The summed E-state index contributed by atoms with van der Waals surface area (Å²) in [5, 5.41) is 2.86. The lowest BCUT2D eigenvalue weighted by Crippen LogP contribution is -3.05. The molecule has 1 atom stereocenters. The van der Waals surface area contributed by atoms with Gasteiger partial charge in [-0.05, 0) is 0 Å². The summed E-state index contributed by atoms with van der Waals surface area (Å²) >= 11 is 0. The second kappa shape index (κ2) is 4.07. The van der Waals surface area contributed by atoms with E-state index in [4.69, 9.17) is 4.74 Å². The maximum absolute atomic E-state index is 11.3. The first kappa shape index (κ1) is 10.1. The van der Waals surface area contributed by atoms with Gasteiger partial charge in [-0.15, -0.1) is 0 Å². The summed E-state index contributed by atoms with van der Waals surface area (Å²) in [6.07, 6.45) is 3.91. The minimum absolute atomic E-state index is 0.0852. The number of rotatable bonds is 2. The van der Waals surface area contributed by atoms with E-state index in [1.807, 2.05) is 30.5 Å². The molecule has 2 aliphatic heterocycles. The molecule has 0 radical (unpaired) electrons. The van der Waals surface area contributed by atoms with E-state index in [2.05, 4.69) is 17.4 Å². The first-order valence-corrected chi connectivity index (χ1v) is 5.58. The lowest BCUT2D eigenvalue weighted by Gasteiger charge is -2.19. The van der Waals surface area contributed by atoms with E-state index in [-0.39, 0.29) is 12.5 Å². The Morgan fingerprint density at radius 3 is 2.94 bits per heavy atom. The molecule has 0 spiro atoms. The average Bonchev–Trinajstić information content (AvgIpc) is 2.73. The zero-order chi connectivity index (χ0) is 11.7. The van der Waals surface area contributed by atoms with Gasteiger partial charge in [-0.2, -0.15) is 0 Å². The fraction of sp³-hybridized carbons (Fsp3) is 0.154. The van der Waals surface area contributed by atoms with Crippen LogP contribution in [0.2, 0.25) is 0 Å². The zero-order valence-electron chi connectivity index (χ0n) is 9.27. The summed E-state index contributed by atoms with van der Waals surface area (Å²) in [6.45, 7) is 0.918. The van der Waals surface area contributed by atoms with Gasteiger partial charge in [-0.1, -0.05) is 30.3 Å². The van der Waals surface area contributed by atoms with E-state index in [1.165, 1.54) is 5.56 Å². The number of hydrogen-bond acceptors (Lipinski definition) is 2. The smallest absolute Gasteiger partial charge is 0.266 e. The predicted octanol–water partition coefficient (Wildman–Crippen LogP) is -0.0857. The molecule has 1 unspecified atom stereocenters. The maximum Gasteiger partial charge on any atom is 0.266 e. The van der Waals surface area contributed by atoms with Gasteiger partial charge in [0.2, 0.25) is 5.76 Å². The second-order valence-electron chi connectivity index (χ2n) is 4.10. The normalized spacial score (nSPS) is 22.1. The molecule has 1 amide bonds. The number of hydrogen-bond donors (Lipinski definition) is 2. The molecule has 2 heterocycles. The van der Waals surface area contributed by atoms with E-state index >= 15 is 0 Å². The van der Waals surface area contributed by atoms with Crippen molar-refractivity contribution in [1.29, 1.82) is 0 Å². The third kappa shape index (κ3) is 1.94. The van der Waals surface area contributed by atoms with Gasteiger partial charge in [-0.25, -0.2) is 0 Å². The molecular weight excluding hydrogens is 216 g/mol. The molecule has 0 aromatic heterocycles. The monoisotopic (exact) mass is 229 g/mol. The van der Waals surface area contributed by atoms with Gasteiger partial charge in [-0.3, -0.25) is 15.0 Å².